The lowest BCUT2D eigenvalue weighted by Gasteiger charge is -2.08. The number of anilines is 1. The lowest BCUT2D eigenvalue weighted by Crippen LogP contribution is -2.05. The number of halogens is 1. The third-order valence-corrected chi connectivity index (χ3v) is 4.60. The van der Waals surface area contributed by atoms with Gasteiger partial charge in [0.05, 0.1) is 0 Å². The van der Waals surface area contributed by atoms with Crippen molar-refractivity contribution in [2.24, 2.45) is 0 Å². The average Bonchev–Trinajstić information content (AvgIpc) is 3.11. The number of benzene rings is 3. The quantitative estimate of drug-likeness (QED) is 0.438. The van der Waals surface area contributed by atoms with Gasteiger partial charge in [0.2, 0.25) is 17.7 Å². The number of para-hydroxylation sites is 1. The molecule has 0 radical (unpaired) electrons. The van der Waals surface area contributed by atoms with E-state index in [0.29, 0.717) is 27.7 Å². The first-order valence-corrected chi connectivity index (χ1v) is 9.33. The normalized spacial score (nSPS) is 10.7. The zero-order valence-electron chi connectivity index (χ0n) is 15.5. The zero-order chi connectivity index (χ0) is 20.4. The highest BCUT2D eigenvalue weighted by atomic mass is 35.5. The van der Waals surface area contributed by atoms with Crippen LogP contribution in [-0.2, 0) is 4.79 Å². The van der Waals surface area contributed by atoms with E-state index in [0.717, 1.165) is 11.1 Å². The Morgan fingerprint density at radius 2 is 1.66 bits per heavy atom. The van der Waals surface area contributed by atoms with Crippen LogP contribution in [0.3, 0.4) is 0 Å². The van der Waals surface area contributed by atoms with E-state index in [2.05, 4.69) is 10.3 Å². The van der Waals surface area contributed by atoms with Gasteiger partial charge in [0.15, 0.2) is 0 Å². The molecule has 0 bridgehead atoms. The molecule has 0 fully saturated rings. The minimum absolute atomic E-state index is 0.156. The summed E-state index contributed by atoms with van der Waals surface area (Å²) in [6.07, 6.45) is 0. The predicted octanol–water partition coefficient (Wildman–Crippen LogP) is 5.99. The van der Waals surface area contributed by atoms with Crippen molar-refractivity contribution in [2.45, 2.75) is 6.92 Å². The third-order valence-electron chi connectivity index (χ3n) is 4.37. The molecule has 1 aromatic heterocycles. The number of phenolic OH excluding ortho intramolecular Hbond substituents is 1. The molecule has 29 heavy (non-hydrogen) atoms. The molecule has 0 aliphatic rings. The Balaban J connectivity index is 1.89. The minimum Gasteiger partial charge on any atom is -0.507 e. The van der Waals surface area contributed by atoms with E-state index in [4.69, 9.17) is 16.0 Å². The second kappa shape index (κ2) is 7.81. The van der Waals surface area contributed by atoms with Gasteiger partial charge in [-0.3, -0.25) is 10.1 Å². The molecule has 0 spiro atoms. The van der Waals surface area contributed by atoms with E-state index < -0.39 is 0 Å². The van der Waals surface area contributed by atoms with Crippen molar-refractivity contribution in [2.75, 3.05) is 5.32 Å². The number of carbonyl (C=O) groups is 1. The van der Waals surface area contributed by atoms with Gasteiger partial charge in [0, 0.05) is 28.6 Å². The van der Waals surface area contributed by atoms with E-state index >= 15 is 0 Å². The van der Waals surface area contributed by atoms with Crippen LogP contribution in [-0.4, -0.2) is 16.0 Å². The second-order valence-corrected chi connectivity index (χ2v) is 6.89. The zero-order valence-corrected chi connectivity index (χ0v) is 16.3. The summed E-state index contributed by atoms with van der Waals surface area (Å²) in [7, 11) is 0. The molecule has 4 rings (SSSR count). The Bertz CT molecular complexity index is 1200. The van der Waals surface area contributed by atoms with Gasteiger partial charge in [-0.25, -0.2) is 4.98 Å². The number of phenols is 1. The molecule has 6 heteroatoms. The lowest BCUT2D eigenvalue weighted by atomic mass is 9.99. The molecule has 4 aromatic rings. The number of nitrogens with one attached hydrogen (secondary N) is 1. The first kappa shape index (κ1) is 18.8. The highest BCUT2D eigenvalue weighted by Gasteiger charge is 2.20. The van der Waals surface area contributed by atoms with Crippen LogP contribution in [0, 0.1) is 0 Å². The number of carbonyl (C=O) groups excluding carboxylic acids is 1. The fourth-order valence-corrected chi connectivity index (χ4v) is 3.31. The molecular weight excluding hydrogens is 388 g/mol. The summed E-state index contributed by atoms with van der Waals surface area (Å²) in [5.41, 5.74) is 3.31. The van der Waals surface area contributed by atoms with E-state index in [1.54, 1.807) is 30.3 Å². The van der Waals surface area contributed by atoms with Crippen molar-refractivity contribution in [1.82, 2.24) is 4.98 Å². The second-order valence-electron chi connectivity index (χ2n) is 6.45. The monoisotopic (exact) mass is 404 g/mol. The van der Waals surface area contributed by atoms with Gasteiger partial charge in [-0.1, -0.05) is 60.1 Å². The van der Waals surface area contributed by atoms with Gasteiger partial charge in [0.25, 0.3) is 0 Å². The van der Waals surface area contributed by atoms with Crippen molar-refractivity contribution >= 4 is 23.4 Å². The van der Waals surface area contributed by atoms with Gasteiger partial charge in [-0.15, -0.1) is 0 Å². The molecule has 3 aromatic carbocycles. The van der Waals surface area contributed by atoms with Crippen molar-refractivity contribution in [1.29, 1.82) is 0 Å². The molecule has 0 aliphatic heterocycles. The Labute approximate surface area is 172 Å². The third kappa shape index (κ3) is 3.86. The fraction of sp³-hybridized carbons (Fsp3) is 0.0435. The smallest absolute Gasteiger partial charge is 0.229 e. The lowest BCUT2D eigenvalue weighted by molar-refractivity contribution is -0.114. The molecular formula is C23H17ClN2O3. The molecule has 144 valence electrons. The van der Waals surface area contributed by atoms with Gasteiger partial charge in [-0.2, -0.15) is 0 Å². The maximum absolute atomic E-state index is 11.7. The molecule has 1 heterocycles. The van der Waals surface area contributed by atoms with Gasteiger partial charge >= 0.3 is 0 Å². The number of hydrogen-bond acceptors (Lipinski definition) is 4. The summed E-state index contributed by atoms with van der Waals surface area (Å²) in [6, 6.07) is 21.7. The van der Waals surface area contributed by atoms with Crippen LogP contribution in [0.25, 0.3) is 33.8 Å². The largest absolute Gasteiger partial charge is 0.507 e. The molecule has 0 saturated carbocycles. The van der Waals surface area contributed by atoms with Crippen LogP contribution < -0.4 is 5.32 Å². The summed E-state index contributed by atoms with van der Waals surface area (Å²) >= 11 is 6.13. The average molecular weight is 405 g/mol. The number of aromatic hydroxyl groups is 1. The summed E-state index contributed by atoms with van der Waals surface area (Å²) in [5.74, 6) is 0.443. The summed E-state index contributed by atoms with van der Waals surface area (Å²) in [5, 5.41) is 13.5. The van der Waals surface area contributed by atoms with Crippen molar-refractivity contribution in [3.63, 3.8) is 0 Å². The maximum atomic E-state index is 11.7. The van der Waals surface area contributed by atoms with Gasteiger partial charge in [-0.05, 0) is 29.8 Å². The van der Waals surface area contributed by atoms with Crippen molar-refractivity contribution < 1.29 is 14.3 Å². The molecule has 1 amide bonds. The first-order valence-electron chi connectivity index (χ1n) is 8.95. The molecule has 0 atom stereocenters. The van der Waals surface area contributed by atoms with Gasteiger partial charge in [0.1, 0.15) is 11.4 Å². The molecule has 5 nitrogen and oxygen atoms in total. The highest BCUT2D eigenvalue weighted by Crippen LogP contribution is 2.39. The molecule has 0 aliphatic carbocycles. The van der Waals surface area contributed by atoms with Crippen LogP contribution in [0.2, 0.25) is 5.02 Å². The van der Waals surface area contributed by atoms with Crippen molar-refractivity contribution in [3.8, 4) is 39.6 Å². The van der Waals surface area contributed by atoms with E-state index in [1.807, 2.05) is 42.5 Å². The topological polar surface area (TPSA) is 75.4 Å². The fourth-order valence-electron chi connectivity index (χ4n) is 3.12. The first-order chi connectivity index (χ1) is 14.0. The highest BCUT2D eigenvalue weighted by molar-refractivity contribution is 6.30. The number of nitrogens with zero attached hydrogens (tertiary/aromatic N) is 1. The number of rotatable bonds is 4. The Morgan fingerprint density at radius 3 is 2.34 bits per heavy atom. The molecule has 0 saturated heterocycles. The number of hydrogen-bond donors (Lipinski definition) is 2. The summed E-state index contributed by atoms with van der Waals surface area (Å²) in [6.45, 7) is 1.40. The number of oxazole rings is 1. The van der Waals surface area contributed by atoms with Crippen molar-refractivity contribution in [3.05, 3.63) is 77.8 Å². The SMILES string of the molecule is CC(=O)Nc1oc(-c2ccccc2-c2ccccc2O)nc1-c1cccc(Cl)c1. The van der Waals surface area contributed by atoms with E-state index in [9.17, 15) is 9.90 Å². The molecule has 2 N–H and O–H groups in total. The maximum Gasteiger partial charge on any atom is 0.229 e. The predicted molar refractivity (Wildman–Crippen MR) is 114 cm³/mol. The Hall–Kier alpha value is -3.57. The van der Waals surface area contributed by atoms with Crippen LogP contribution >= 0.6 is 11.6 Å². The Kier molecular flexibility index (Phi) is 5.06. The van der Waals surface area contributed by atoms with Crippen LogP contribution in [0.1, 0.15) is 6.92 Å². The standard InChI is InChI=1S/C23H17ClN2O3/c1-14(27)25-23-21(15-7-6-8-16(24)13-15)26-22(29-23)19-11-3-2-9-17(19)18-10-4-5-12-20(18)28/h2-13,28H,1H3,(H,25,27). The van der Waals surface area contributed by atoms with Crippen LogP contribution in [0.4, 0.5) is 5.88 Å². The minimum atomic E-state index is -0.273. The van der Waals surface area contributed by atoms with E-state index in [-0.39, 0.29) is 17.5 Å². The van der Waals surface area contributed by atoms with E-state index in [1.165, 1.54) is 6.92 Å². The van der Waals surface area contributed by atoms with Gasteiger partial charge < -0.3 is 9.52 Å². The van der Waals surface area contributed by atoms with Crippen LogP contribution in [0.5, 0.6) is 5.75 Å². The number of aromatic nitrogens is 1. The molecule has 0 unspecified atom stereocenters. The Morgan fingerprint density at radius 1 is 0.966 bits per heavy atom. The van der Waals surface area contributed by atoms with Crippen LogP contribution in [0.15, 0.2) is 77.2 Å². The number of amides is 1. The summed E-state index contributed by atoms with van der Waals surface area (Å²) in [4.78, 5) is 16.3. The summed E-state index contributed by atoms with van der Waals surface area (Å²) < 4.78 is 5.94.